The van der Waals surface area contributed by atoms with Gasteiger partial charge in [0.15, 0.2) is 0 Å². The van der Waals surface area contributed by atoms with Crippen molar-refractivity contribution in [3.8, 4) is 11.1 Å². The Morgan fingerprint density at radius 1 is 1.09 bits per heavy atom. The van der Waals surface area contributed by atoms with Gasteiger partial charge in [-0.1, -0.05) is 48.5 Å². The molecule has 0 fully saturated rings. The molecule has 0 saturated carbocycles. The highest BCUT2D eigenvalue weighted by molar-refractivity contribution is 5.99. The lowest BCUT2D eigenvalue weighted by molar-refractivity contribution is -0.116. The number of anilines is 1. The lowest BCUT2D eigenvalue weighted by Crippen LogP contribution is -2.36. The number of nitrogens with one attached hydrogen (secondary N) is 2. The number of nitrogens with zero attached hydrogens (tertiary/aromatic N) is 2. The highest BCUT2D eigenvalue weighted by Crippen LogP contribution is 2.44. The predicted molar refractivity (Wildman–Crippen MR) is 121 cm³/mol. The van der Waals surface area contributed by atoms with E-state index in [1.807, 2.05) is 36.4 Å². The molecule has 3 aromatic rings. The van der Waals surface area contributed by atoms with E-state index in [9.17, 15) is 19.5 Å². The van der Waals surface area contributed by atoms with Crippen molar-refractivity contribution in [2.45, 2.75) is 25.3 Å². The standard InChI is InChI=1S/C24H24N4O5/c1-14(11-21(29)27-22-19(23(30)31)12-25-28(22)2)26-24(32)33-13-20-17-9-5-3-7-15(17)16-8-4-6-10-18(16)20/h3-10,12,14,20H,11,13H2,1-2H3,(H,26,32)(H,27,29)(H,30,31). The molecule has 170 valence electrons. The van der Waals surface area contributed by atoms with Crippen molar-refractivity contribution < 1.29 is 24.2 Å². The van der Waals surface area contributed by atoms with E-state index in [2.05, 4.69) is 27.9 Å². The molecule has 9 nitrogen and oxygen atoms in total. The molecule has 1 heterocycles. The zero-order chi connectivity index (χ0) is 23.5. The van der Waals surface area contributed by atoms with Crippen LogP contribution in [0.2, 0.25) is 0 Å². The quantitative estimate of drug-likeness (QED) is 0.509. The van der Waals surface area contributed by atoms with Crippen LogP contribution >= 0.6 is 0 Å². The molecule has 2 amide bonds. The van der Waals surface area contributed by atoms with Crippen LogP contribution < -0.4 is 10.6 Å². The Bertz CT molecular complexity index is 1170. The minimum Gasteiger partial charge on any atom is -0.477 e. The maximum Gasteiger partial charge on any atom is 0.407 e. The van der Waals surface area contributed by atoms with Gasteiger partial charge < -0.3 is 20.5 Å². The Labute approximate surface area is 190 Å². The van der Waals surface area contributed by atoms with Crippen molar-refractivity contribution in [2.24, 2.45) is 7.05 Å². The zero-order valence-electron chi connectivity index (χ0n) is 18.2. The highest BCUT2D eigenvalue weighted by atomic mass is 16.5. The molecule has 3 N–H and O–H groups in total. The van der Waals surface area contributed by atoms with E-state index < -0.39 is 24.0 Å². The minimum absolute atomic E-state index is 0.0546. The van der Waals surface area contributed by atoms with Gasteiger partial charge in [0.05, 0.1) is 6.20 Å². The van der Waals surface area contributed by atoms with Gasteiger partial charge in [-0.15, -0.1) is 0 Å². The Morgan fingerprint density at radius 3 is 2.30 bits per heavy atom. The molecule has 1 aliphatic rings. The first-order valence-corrected chi connectivity index (χ1v) is 10.5. The van der Waals surface area contributed by atoms with Gasteiger partial charge in [0.2, 0.25) is 5.91 Å². The first kappa shape index (κ1) is 22.1. The van der Waals surface area contributed by atoms with Gasteiger partial charge in [-0.2, -0.15) is 5.10 Å². The molecular weight excluding hydrogens is 424 g/mol. The normalized spacial score (nSPS) is 13.0. The van der Waals surface area contributed by atoms with Crippen LogP contribution in [0.5, 0.6) is 0 Å². The number of carbonyl (C=O) groups is 3. The maximum absolute atomic E-state index is 12.4. The van der Waals surface area contributed by atoms with Crippen molar-refractivity contribution in [3.63, 3.8) is 0 Å². The van der Waals surface area contributed by atoms with Gasteiger partial charge in [0.1, 0.15) is 18.0 Å². The molecule has 0 radical (unpaired) electrons. The van der Waals surface area contributed by atoms with E-state index in [0.717, 1.165) is 28.5 Å². The minimum atomic E-state index is -1.19. The number of aromatic nitrogens is 2. The van der Waals surface area contributed by atoms with Gasteiger partial charge >= 0.3 is 12.1 Å². The number of rotatable bonds is 7. The summed E-state index contributed by atoms with van der Waals surface area (Å²) in [5.41, 5.74) is 4.41. The fourth-order valence-corrected chi connectivity index (χ4v) is 4.10. The van der Waals surface area contributed by atoms with E-state index in [4.69, 9.17) is 4.74 Å². The third kappa shape index (κ3) is 4.57. The Kier molecular flexibility index (Phi) is 6.12. The van der Waals surface area contributed by atoms with E-state index in [0.29, 0.717) is 0 Å². The predicted octanol–water partition coefficient (Wildman–Crippen LogP) is 3.37. The summed E-state index contributed by atoms with van der Waals surface area (Å²) in [6.07, 6.45) is 0.481. The molecule has 9 heteroatoms. The largest absolute Gasteiger partial charge is 0.477 e. The molecule has 0 aliphatic heterocycles. The smallest absolute Gasteiger partial charge is 0.407 e. The highest BCUT2D eigenvalue weighted by Gasteiger charge is 2.29. The van der Waals surface area contributed by atoms with Crippen molar-refractivity contribution in [1.82, 2.24) is 15.1 Å². The zero-order valence-corrected chi connectivity index (χ0v) is 18.2. The van der Waals surface area contributed by atoms with Crippen LogP contribution in [-0.2, 0) is 16.6 Å². The van der Waals surface area contributed by atoms with Crippen LogP contribution in [0.1, 0.15) is 40.7 Å². The fraction of sp³-hybridized carbons (Fsp3) is 0.250. The Morgan fingerprint density at radius 2 is 1.70 bits per heavy atom. The SMILES string of the molecule is CC(CC(=O)Nc1c(C(=O)O)cnn1C)NC(=O)OCC1c2ccccc2-c2ccccc21. The number of alkyl carbamates (subject to hydrolysis) is 1. The summed E-state index contributed by atoms with van der Waals surface area (Å²) in [7, 11) is 1.53. The molecule has 1 aromatic heterocycles. The molecule has 0 spiro atoms. The number of fused-ring (bicyclic) bond motifs is 3. The third-order valence-electron chi connectivity index (χ3n) is 5.63. The number of benzene rings is 2. The first-order valence-electron chi connectivity index (χ1n) is 10.5. The van der Waals surface area contributed by atoms with Gasteiger partial charge in [-0.3, -0.25) is 9.48 Å². The summed E-state index contributed by atoms with van der Waals surface area (Å²) < 4.78 is 6.76. The summed E-state index contributed by atoms with van der Waals surface area (Å²) in [6.45, 7) is 1.85. The van der Waals surface area contributed by atoms with Crippen LogP contribution in [-0.4, -0.2) is 45.5 Å². The number of hydrogen-bond donors (Lipinski definition) is 3. The summed E-state index contributed by atoms with van der Waals surface area (Å²) >= 11 is 0. The number of carboxylic acid groups (broad SMARTS) is 1. The van der Waals surface area contributed by atoms with E-state index in [-0.39, 0.29) is 30.3 Å². The van der Waals surface area contributed by atoms with E-state index in [1.54, 1.807) is 6.92 Å². The number of amides is 2. The van der Waals surface area contributed by atoms with Crippen molar-refractivity contribution in [3.05, 3.63) is 71.4 Å². The molecule has 1 unspecified atom stereocenters. The van der Waals surface area contributed by atoms with Crippen molar-refractivity contribution in [1.29, 1.82) is 0 Å². The number of hydrogen-bond acceptors (Lipinski definition) is 5. The van der Waals surface area contributed by atoms with E-state index >= 15 is 0 Å². The second kappa shape index (κ2) is 9.15. The molecule has 0 saturated heterocycles. The first-order chi connectivity index (χ1) is 15.8. The summed E-state index contributed by atoms with van der Waals surface area (Å²) in [4.78, 5) is 35.9. The molecule has 4 rings (SSSR count). The van der Waals surface area contributed by atoms with Gasteiger partial charge in [-0.25, -0.2) is 9.59 Å². The monoisotopic (exact) mass is 448 g/mol. The van der Waals surface area contributed by atoms with Crippen LogP contribution in [0.25, 0.3) is 11.1 Å². The number of ether oxygens (including phenoxy) is 1. The third-order valence-corrected chi connectivity index (χ3v) is 5.63. The molecule has 33 heavy (non-hydrogen) atoms. The lowest BCUT2D eigenvalue weighted by Gasteiger charge is -2.17. The van der Waals surface area contributed by atoms with Crippen molar-refractivity contribution in [2.75, 3.05) is 11.9 Å². The number of aromatic carboxylic acids is 1. The van der Waals surface area contributed by atoms with Gasteiger partial charge in [0.25, 0.3) is 0 Å². The molecule has 1 atom stereocenters. The van der Waals surface area contributed by atoms with Crippen LogP contribution in [0.4, 0.5) is 10.6 Å². The Hall–Kier alpha value is -4.14. The van der Waals surface area contributed by atoms with Crippen LogP contribution in [0.3, 0.4) is 0 Å². The average Bonchev–Trinajstić information content (AvgIpc) is 3.30. The Balaban J connectivity index is 1.32. The molecular formula is C24H24N4O5. The summed E-state index contributed by atoms with van der Waals surface area (Å²) in [6, 6.07) is 15.6. The maximum atomic E-state index is 12.4. The molecule has 1 aliphatic carbocycles. The lowest BCUT2D eigenvalue weighted by atomic mass is 9.98. The summed E-state index contributed by atoms with van der Waals surface area (Å²) in [5.74, 6) is -1.61. The number of aryl methyl sites for hydroxylation is 1. The topological polar surface area (TPSA) is 123 Å². The van der Waals surface area contributed by atoms with Crippen LogP contribution in [0.15, 0.2) is 54.7 Å². The second-order valence-electron chi connectivity index (χ2n) is 7.96. The van der Waals surface area contributed by atoms with Gasteiger partial charge in [-0.05, 0) is 29.2 Å². The summed E-state index contributed by atoms with van der Waals surface area (Å²) in [5, 5.41) is 18.2. The second-order valence-corrected chi connectivity index (χ2v) is 7.96. The average molecular weight is 448 g/mol. The molecule has 2 aromatic carbocycles. The number of carboxylic acids is 1. The molecule has 0 bridgehead atoms. The fourth-order valence-electron chi connectivity index (χ4n) is 4.10. The van der Waals surface area contributed by atoms with Crippen LogP contribution in [0, 0.1) is 0 Å². The van der Waals surface area contributed by atoms with E-state index in [1.165, 1.54) is 11.7 Å². The number of carbonyl (C=O) groups excluding carboxylic acids is 2. The van der Waals surface area contributed by atoms with Gasteiger partial charge in [0, 0.05) is 25.4 Å². The van der Waals surface area contributed by atoms with Crippen molar-refractivity contribution >= 4 is 23.8 Å².